The third-order valence-electron chi connectivity index (χ3n) is 4.46. The second kappa shape index (κ2) is 10.1. The topological polar surface area (TPSA) is 70.8 Å². The van der Waals surface area contributed by atoms with Crippen molar-refractivity contribution in [2.24, 2.45) is 4.99 Å². The molecule has 6 nitrogen and oxygen atoms in total. The Labute approximate surface area is 176 Å². The number of benzene rings is 2. The highest BCUT2D eigenvalue weighted by molar-refractivity contribution is 14.0. The summed E-state index contributed by atoms with van der Waals surface area (Å²) in [4.78, 5) is 16.9. The molecule has 3 rings (SSSR count). The molecule has 1 aliphatic heterocycles. The standard InChI is InChI=1S/C20H22N4O2.HI/c1-21-20(22-15-16-7-9-19(10-8-16)24(25)26)23-13-11-18(12-14-23)17-5-3-2-4-6-17;/h2-11H,12-15H2,1H3,(H,21,22);1H. The molecule has 0 fully saturated rings. The minimum Gasteiger partial charge on any atom is -0.352 e. The number of aliphatic imine (C=N–C) groups is 1. The lowest BCUT2D eigenvalue weighted by Gasteiger charge is -2.29. The van der Waals surface area contributed by atoms with E-state index in [-0.39, 0.29) is 34.6 Å². The van der Waals surface area contributed by atoms with Gasteiger partial charge in [-0.25, -0.2) is 0 Å². The minimum atomic E-state index is -0.388. The Morgan fingerprint density at radius 2 is 1.89 bits per heavy atom. The molecule has 0 atom stereocenters. The van der Waals surface area contributed by atoms with E-state index < -0.39 is 0 Å². The number of halogens is 1. The third kappa shape index (κ3) is 5.53. The largest absolute Gasteiger partial charge is 0.352 e. The van der Waals surface area contributed by atoms with Gasteiger partial charge in [-0.15, -0.1) is 24.0 Å². The van der Waals surface area contributed by atoms with Crippen molar-refractivity contribution in [2.75, 3.05) is 20.1 Å². The van der Waals surface area contributed by atoms with Crippen molar-refractivity contribution < 1.29 is 4.92 Å². The predicted molar refractivity (Wildman–Crippen MR) is 119 cm³/mol. The molecule has 142 valence electrons. The van der Waals surface area contributed by atoms with E-state index in [2.05, 4.69) is 45.6 Å². The predicted octanol–water partition coefficient (Wildman–Crippen LogP) is 4.08. The fourth-order valence-corrected chi connectivity index (χ4v) is 3.02. The van der Waals surface area contributed by atoms with Crippen LogP contribution >= 0.6 is 24.0 Å². The first-order valence-electron chi connectivity index (χ1n) is 8.61. The summed E-state index contributed by atoms with van der Waals surface area (Å²) < 4.78 is 0. The number of nitro groups is 1. The molecule has 0 amide bonds. The van der Waals surface area contributed by atoms with Gasteiger partial charge in [0, 0.05) is 38.8 Å². The van der Waals surface area contributed by atoms with Crippen LogP contribution in [0.15, 0.2) is 65.7 Å². The zero-order valence-corrected chi connectivity index (χ0v) is 17.5. The van der Waals surface area contributed by atoms with E-state index in [4.69, 9.17) is 0 Å². The van der Waals surface area contributed by atoms with Crippen molar-refractivity contribution in [2.45, 2.75) is 13.0 Å². The molecule has 0 bridgehead atoms. The summed E-state index contributed by atoms with van der Waals surface area (Å²) >= 11 is 0. The van der Waals surface area contributed by atoms with Gasteiger partial charge in [0.15, 0.2) is 5.96 Å². The lowest BCUT2D eigenvalue weighted by Crippen LogP contribution is -2.43. The van der Waals surface area contributed by atoms with Crippen LogP contribution in [0.25, 0.3) is 5.57 Å². The molecule has 0 unspecified atom stereocenters. The molecule has 1 heterocycles. The summed E-state index contributed by atoms with van der Waals surface area (Å²) in [6.45, 7) is 2.29. The van der Waals surface area contributed by atoms with E-state index in [0.717, 1.165) is 31.0 Å². The van der Waals surface area contributed by atoms with E-state index in [0.29, 0.717) is 6.54 Å². The number of hydrogen-bond acceptors (Lipinski definition) is 3. The first-order chi connectivity index (χ1) is 12.7. The number of non-ortho nitro benzene ring substituents is 1. The number of hydrogen-bond donors (Lipinski definition) is 1. The zero-order valence-electron chi connectivity index (χ0n) is 15.2. The van der Waals surface area contributed by atoms with Gasteiger partial charge in [-0.05, 0) is 23.1 Å². The summed E-state index contributed by atoms with van der Waals surface area (Å²) in [5.41, 5.74) is 3.73. The Balaban J connectivity index is 0.00000261. The number of nitrogens with zero attached hydrogens (tertiary/aromatic N) is 3. The van der Waals surface area contributed by atoms with Crippen molar-refractivity contribution in [3.8, 4) is 0 Å². The van der Waals surface area contributed by atoms with Crippen LogP contribution in [0, 0.1) is 10.1 Å². The minimum absolute atomic E-state index is 0. The van der Waals surface area contributed by atoms with Gasteiger partial charge in [0.2, 0.25) is 0 Å². The molecule has 2 aromatic carbocycles. The van der Waals surface area contributed by atoms with Crippen LogP contribution in [0.2, 0.25) is 0 Å². The van der Waals surface area contributed by atoms with E-state index >= 15 is 0 Å². The maximum Gasteiger partial charge on any atom is 0.269 e. The molecule has 1 aliphatic rings. The number of rotatable bonds is 4. The van der Waals surface area contributed by atoms with E-state index in [1.165, 1.54) is 23.3 Å². The van der Waals surface area contributed by atoms with Crippen LogP contribution < -0.4 is 5.32 Å². The molecule has 0 radical (unpaired) electrons. The van der Waals surface area contributed by atoms with Gasteiger partial charge in [-0.3, -0.25) is 15.1 Å². The van der Waals surface area contributed by atoms with Crippen molar-refractivity contribution in [3.05, 3.63) is 81.9 Å². The summed E-state index contributed by atoms with van der Waals surface area (Å²) in [7, 11) is 1.77. The monoisotopic (exact) mass is 478 g/mol. The Bertz CT molecular complexity index is 820. The summed E-state index contributed by atoms with van der Waals surface area (Å²) in [5.74, 6) is 0.840. The van der Waals surface area contributed by atoms with Crippen molar-refractivity contribution in [3.63, 3.8) is 0 Å². The third-order valence-corrected chi connectivity index (χ3v) is 4.46. The fraction of sp³-hybridized carbons (Fsp3) is 0.250. The highest BCUT2D eigenvalue weighted by atomic mass is 127. The van der Waals surface area contributed by atoms with Crippen LogP contribution in [-0.4, -0.2) is 35.9 Å². The molecular weight excluding hydrogens is 455 g/mol. The van der Waals surface area contributed by atoms with Crippen molar-refractivity contribution in [1.82, 2.24) is 10.2 Å². The summed E-state index contributed by atoms with van der Waals surface area (Å²) in [6.07, 6.45) is 3.22. The molecule has 1 N–H and O–H groups in total. The SMILES string of the molecule is CN=C(NCc1ccc([N+](=O)[O-])cc1)N1CC=C(c2ccccc2)CC1.I. The van der Waals surface area contributed by atoms with Crippen molar-refractivity contribution in [1.29, 1.82) is 0 Å². The van der Waals surface area contributed by atoms with Gasteiger partial charge < -0.3 is 10.2 Å². The van der Waals surface area contributed by atoms with Gasteiger partial charge in [-0.2, -0.15) is 0 Å². The average molecular weight is 478 g/mol. The van der Waals surface area contributed by atoms with Crippen LogP contribution in [0.3, 0.4) is 0 Å². The van der Waals surface area contributed by atoms with Gasteiger partial charge in [0.1, 0.15) is 0 Å². The number of nitrogens with one attached hydrogen (secondary N) is 1. The first-order valence-corrected chi connectivity index (χ1v) is 8.61. The Morgan fingerprint density at radius 1 is 1.19 bits per heavy atom. The second-order valence-corrected chi connectivity index (χ2v) is 6.12. The number of guanidine groups is 1. The lowest BCUT2D eigenvalue weighted by atomic mass is 10.00. The van der Waals surface area contributed by atoms with Gasteiger partial charge in [-0.1, -0.05) is 48.5 Å². The average Bonchev–Trinajstić information content (AvgIpc) is 2.70. The van der Waals surface area contributed by atoms with Crippen LogP contribution in [0.4, 0.5) is 5.69 Å². The number of nitro benzene ring substituents is 1. The lowest BCUT2D eigenvalue weighted by molar-refractivity contribution is -0.384. The van der Waals surface area contributed by atoms with E-state index in [1.807, 2.05) is 6.07 Å². The zero-order chi connectivity index (χ0) is 18.4. The molecule has 7 heteroatoms. The molecular formula is C20H23IN4O2. The van der Waals surface area contributed by atoms with Crippen LogP contribution in [0.1, 0.15) is 17.5 Å². The molecule has 0 spiro atoms. The quantitative estimate of drug-likeness (QED) is 0.237. The van der Waals surface area contributed by atoms with Gasteiger partial charge in [0.25, 0.3) is 5.69 Å². The van der Waals surface area contributed by atoms with Gasteiger partial charge in [0.05, 0.1) is 4.92 Å². The summed E-state index contributed by atoms with van der Waals surface area (Å²) in [5, 5.41) is 14.1. The first kappa shape index (κ1) is 20.9. The van der Waals surface area contributed by atoms with Crippen molar-refractivity contribution >= 4 is 41.2 Å². The van der Waals surface area contributed by atoms with E-state index in [1.54, 1.807) is 19.2 Å². The molecule has 2 aromatic rings. The highest BCUT2D eigenvalue weighted by Gasteiger charge is 2.16. The normalized spacial score (nSPS) is 14.2. The molecule has 0 saturated carbocycles. The second-order valence-electron chi connectivity index (χ2n) is 6.12. The summed E-state index contributed by atoms with van der Waals surface area (Å²) in [6, 6.07) is 17.0. The van der Waals surface area contributed by atoms with Crippen LogP contribution in [-0.2, 0) is 6.54 Å². The van der Waals surface area contributed by atoms with E-state index in [9.17, 15) is 10.1 Å². The maximum absolute atomic E-state index is 10.7. The Kier molecular flexibility index (Phi) is 7.78. The Morgan fingerprint density at radius 3 is 2.44 bits per heavy atom. The highest BCUT2D eigenvalue weighted by Crippen LogP contribution is 2.22. The van der Waals surface area contributed by atoms with Gasteiger partial charge >= 0.3 is 0 Å². The molecule has 0 aliphatic carbocycles. The fourth-order valence-electron chi connectivity index (χ4n) is 3.02. The molecule has 0 saturated heterocycles. The Hall–Kier alpha value is -2.42. The smallest absolute Gasteiger partial charge is 0.269 e. The molecule has 0 aromatic heterocycles. The maximum atomic E-state index is 10.7. The van der Waals surface area contributed by atoms with Crippen LogP contribution in [0.5, 0.6) is 0 Å². The molecule has 27 heavy (non-hydrogen) atoms.